The Hall–Kier alpha value is -1.99. The monoisotopic (exact) mass is 246 g/mol. The van der Waals surface area contributed by atoms with Gasteiger partial charge in [-0.05, 0) is 17.5 Å². The second kappa shape index (κ2) is 3.79. The Morgan fingerprint density at radius 3 is 2.94 bits per heavy atom. The zero-order valence-electron chi connectivity index (χ0n) is 9.08. The van der Waals surface area contributed by atoms with Gasteiger partial charge < -0.3 is 5.43 Å². The van der Waals surface area contributed by atoms with Crippen LogP contribution in [-0.2, 0) is 7.05 Å². The molecule has 6 nitrogen and oxygen atoms in total. The fourth-order valence-electron chi connectivity index (χ4n) is 1.61. The summed E-state index contributed by atoms with van der Waals surface area (Å²) in [7, 11) is 1.86. The fraction of sp³-hybridized carbons (Fsp3) is 0.100. The first-order valence-electron chi connectivity index (χ1n) is 5.00. The lowest BCUT2D eigenvalue weighted by Crippen LogP contribution is -2.09. The smallest absolute Gasteiger partial charge is 0.183 e. The third-order valence-corrected chi connectivity index (χ3v) is 3.21. The molecule has 0 fully saturated rings. The Kier molecular flexibility index (Phi) is 2.27. The number of rotatable bonds is 2. The molecule has 0 aliphatic carbocycles. The Labute approximate surface area is 101 Å². The van der Waals surface area contributed by atoms with E-state index in [9.17, 15) is 0 Å². The lowest BCUT2D eigenvalue weighted by molar-refractivity contribution is 0.769. The van der Waals surface area contributed by atoms with Gasteiger partial charge in [-0.3, -0.25) is 4.68 Å². The number of thiophene rings is 1. The molecule has 3 aromatic heterocycles. The minimum Gasteiger partial charge on any atom is -0.308 e. The number of nitrogens with one attached hydrogen (secondary N) is 1. The van der Waals surface area contributed by atoms with Gasteiger partial charge in [0.2, 0.25) is 0 Å². The quantitative estimate of drug-likeness (QED) is 0.527. The standard InChI is InChI=1S/C10H10N6S/c1-16-4-2-7(15-16)9-12-8(14-11)6-3-5-17-10(6)13-9/h2-5H,11H2,1H3,(H,12,13,14). The topological polar surface area (TPSA) is 81.7 Å². The molecule has 7 heteroatoms. The molecule has 0 saturated carbocycles. The van der Waals surface area contributed by atoms with Gasteiger partial charge in [0.1, 0.15) is 10.5 Å². The van der Waals surface area contributed by atoms with Crippen LogP contribution in [-0.4, -0.2) is 19.7 Å². The average molecular weight is 246 g/mol. The average Bonchev–Trinajstić information content (AvgIpc) is 2.95. The zero-order valence-corrected chi connectivity index (χ0v) is 9.90. The van der Waals surface area contributed by atoms with E-state index in [0.717, 1.165) is 15.9 Å². The summed E-state index contributed by atoms with van der Waals surface area (Å²) in [6, 6.07) is 3.81. The highest BCUT2D eigenvalue weighted by molar-refractivity contribution is 7.16. The van der Waals surface area contributed by atoms with Crippen LogP contribution >= 0.6 is 11.3 Å². The van der Waals surface area contributed by atoms with Gasteiger partial charge in [-0.15, -0.1) is 11.3 Å². The zero-order chi connectivity index (χ0) is 11.8. The summed E-state index contributed by atoms with van der Waals surface area (Å²) >= 11 is 1.55. The molecule has 0 amide bonds. The molecule has 3 aromatic rings. The molecule has 0 radical (unpaired) electrons. The van der Waals surface area contributed by atoms with E-state index in [1.807, 2.05) is 30.8 Å². The number of aromatic nitrogens is 4. The summed E-state index contributed by atoms with van der Waals surface area (Å²) in [6.07, 6.45) is 1.85. The maximum atomic E-state index is 5.47. The van der Waals surface area contributed by atoms with Crippen LogP contribution in [0, 0.1) is 0 Å². The van der Waals surface area contributed by atoms with Crippen LogP contribution in [0.3, 0.4) is 0 Å². The third-order valence-electron chi connectivity index (χ3n) is 2.40. The molecular formula is C10H10N6S. The van der Waals surface area contributed by atoms with Crippen molar-refractivity contribution >= 4 is 27.4 Å². The molecular weight excluding hydrogens is 236 g/mol. The molecule has 0 unspecified atom stereocenters. The lowest BCUT2D eigenvalue weighted by Gasteiger charge is -2.02. The van der Waals surface area contributed by atoms with E-state index in [0.29, 0.717) is 11.6 Å². The normalized spacial score (nSPS) is 10.9. The molecule has 17 heavy (non-hydrogen) atoms. The first-order chi connectivity index (χ1) is 8.28. The summed E-state index contributed by atoms with van der Waals surface area (Å²) in [4.78, 5) is 9.72. The van der Waals surface area contributed by atoms with Crippen molar-refractivity contribution < 1.29 is 0 Å². The predicted octanol–water partition coefficient (Wildman–Crippen LogP) is 1.38. The molecule has 0 spiro atoms. The van der Waals surface area contributed by atoms with E-state index in [-0.39, 0.29) is 0 Å². The summed E-state index contributed by atoms with van der Waals surface area (Å²) in [5, 5.41) is 7.16. The second-order valence-corrected chi connectivity index (χ2v) is 4.45. The van der Waals surface area contributed by atoms with Gasteiger partial charge in [0.15, 0.2) is 11.6 Å². The number of hydrogen-bond donors (Lipinski definition) is 2. The van der Waals surface area contributed by atoms with Crippen molar-refractivity contribution in [3.63, 3.8) is 0 Å². The van der Waals surface area contributed by atoms with E-state index in [1.54, 1.807) is 16.0 Å². The Morgan fingerprint density at radius 2 is 2.24 bits per heavy atom. The van der Waals surface area contributed by atoms with E-state index >= 15 is 0 Å². The van der Waals surface area contributed by atoms with E-state index in [1.165, 1.54) is 0 Å². The molecule has 0 atom stereocenters. The predicted molar refractivity (Wildman–Crippen MR) is 67.4 cm³/mol. The number of aryl methyl sites for hydroxylation is 1. The van der Waals surface area contributed by atoms with Crippen LogP contribution in [0.4, 0.5) is 5.82 Å². The highest BCUT2D eigenvalue weighted by atomic mass is 32.1. The summed E-state index contributed by atoms with van der Waals surface area (Å²) in [5.41, 5.74) is 3.33. The third kappa shape index (κ3) is 1.65. The van der Waals surface area contributed by atoms with Crippen LogP contribution in [0.15, 0.2) is 23.7 Å². The van der Waals surface area contributed by atoms with Crippen LogP contribution in [0.25, 0.3) is 21.7 Å². The summed E-state index contributed by atoms with van der Waals surface area (Å²) < 4.78 is 1.72. The van der Waals surface area contributed by atoms with Crippen molar-refractivity contribution in [1.29, 1.82) is 0 Å². The van der Waals surface area contributed by atoms with Crippen molar-refractivity contribution in [2.75, 3.05) is 5.43 Å². The number of fused-ring (bicyclic) bond motifs is 1. The van der Waals surface area contributed by atoms with Crippen LogP contribution in [0.5, 0.6) is 0 Å². The van der Waals surface area contributed by atoms with Gasteiger partial charge in [0, 0.05) is 13.2 Å². The molecule has 0 aliphatic heterocycles. The Bertz CT molecular complexity index is 670. The highest BCUT2D eigenvalue weighted by Gasteiger charge is 2.11. The van der Waals surface area contributed by atoms with Gasteiger partial charge in [-0.25, -0.2) is 15.8 Å². The van der Waals surface area contributed by atoms with Gasteiger partial charge >= 0.3 is 0 Å². The first-order valence-corrected chi connectivity index (χ1v) is 5.88. The van der Waals surface area contributed by atoms with E-state index < -0.39 is 0 Å². The summed E-state index contributed by atoms with van der Waals surface area (Å²) in [6.45, 7) is 0. The lowest BCUT2D eigenvalue weighted by atomic mass is 10.3. The second-order valence-electron chi connectivity index (χ2n) is 3.55. The van der Waals surface area contributed by atoms with Crippen molar-refractivity contribution in [2.24, 2.45) is 12.9 Å². The molecule has 3 rings (SSSR count). The first kappa shape index (κ1) is 10.2. The molecule has 0 aliphatic rings. The van der Waals surface area contributed by atoms with Gasteiger partial charge in [-0.1, -0.05) is 0 Å². The number of hydrazine groups is 1. The minimum absolute atomic E-state index is 0.577. The molecule has 0 bridgehead atoms. The van der Waals surface area contributed by atoms with Crippen molar-refractivity contribution in [2.45, 2.75) is 0 Å². The SMILES string of the molecule is Cn1ccc(-c2nc(NN)c3ccsc3n2)n1. The summed E-state index contributed by atoms with van der Waals surface area (Å²) in [5.74, 6) is 6.67. The number of nitrogen functional groups attached to an aromatic ring is 1. The molecule has 0 aromatic carbocycles. The van der Waals surface area contributed by atoms with Gasteiger partial charge in [0.05, 0.1) is 5.39 Å². The van der Waals surface area contributed by atoms with Crippen molar-refractivity contribution in [3.05, 3.63) is 23.7 Å². The van der Waals surface area contributed by atoms with Crippen LogP contribution in [0.1, 0.15) is 0 Å². The van der Waals surface area contributed by atoms with Crippen LogP contribution < -0.4 is 11.3 Å². The molecule has 3 heterocycles. The molecule has 86 valence electrons. The van der Waals surface area contributed by atoms with Gasteiger partial charge in [0.25, 0.3) is 0 Å². The maximum Gasteiger partial charge on any atom is 0.183 e. The largest absolute Gasteiger partial charge is 0.308 e. The number of hydrogen-bond acceptors (Lipinski definition) is 6. The number of nitrogens with zero attached hydrogens (tertiary/aromatic N) is 4. The van der Waals surface area contributed by atoms with Crippen LogP contribution in [0.2, 0.25) is 0 Å². The fourth-order valence-corrected chi connectivity index (χ4v) is 2.38. The van der Waals surface area contributed by atoms with Crippen molar-refractivity contribution in [1.82, 2.24) is 19.7 Å². The number of nitrogens with two attached hydrogens (primary N) is 1. The Balaban J connectivity index is 2.23. The van der Waals surface area contributed by atoms with E-state index in [4.69, 9.17) is 5.84 Å². The number of anilines is 1. The maximum absolute atomic E-state index is 5.47. The molecule has 3 N–H and O–H groups in total. The minimum atomic E-state index is 0.577. The highest BCUT2D eigenvalue weighted by Crippen LogP contribution is 2.27. The van der Waals surface area contributed by atoms with E-state index in [2.05, 4.69) is 20.5 Å². The Morgan fingerprint density at radius 1 is 1.35 bits per heavy atom. The molecule has 0 saturated heterocycles. The van der Waals surface area contributed by atoms with Crippen molar-refractivity contribution in [3.8, 4) is 11.5 Å². The van der Waals surface area contributed by atoms with Gasteiger partial charge in [-0.2, -0.15) is 5.10 Å².